The number of rotatable bonds is 11. The highest BCUT2D eigenvalue weighted by Crippen LogP contribution is 2.56. The van der Waals surface area contributed by atoms with E-state index in [9.17, 15) is 38.2 Å². The highest BCUT2D eigenvalue weighted by molar-refractivity contribution is 8.01. The number of non-ortho nitro benzene ring substituents is 2. The van der Waals surface area contributed by atoms with Crippen LogP contribution in [0.15, 0.2) is 88.8 Å². The average Bonchev–Trinajstić information content (AvgIpc) is 3.29. The van der Waals surface area contributed by atoms with Crippen molar-refractivity contribution in [2.24, 2.45) is 4.99 Å². The number of nitro benzene ring substituents is 2. The number of esters is 1. The zero-order valence-electron chi connectivity index (χ0n) is 23.8. The van der Waals surface area contributed by atoms with Crippen molar-refractivity contribution in [3.63, 3.8) is 0 Å². The molecule has 0 aromatic heterocycles. The van der Waals surface area contributed by atoms with E-state index in [0.717, 1.165) is 29.8 Å². The first-order valence-electron chi connectivity index (χ1n) is 13.4. The highest BCUT2D eigenvalue weighted by Gasteiger charge is 2.72. The lowest BCUT2D eigenvalue weighted by molar-refractivity contribution is -0.385. The Morgan fingerprint density at radius 2 is 1.56 bits per heavy atom. The molecular formula is C29H26N4O10S2. The van der Waals surface area contributed by atoms with Crippen molar-refractivity contribution < 1.29 is 36.8 Å². The molecule has 2 saturated heterocycles. The fourth-order valence-electron chi connectivity index (χ4n) is 5.03. The first kappa shape index (κ1) is 31.7. The lowest BCUT2D eigenvalue weighted by Gasteiger charge is -2.50. The third-order valence-corrected chi connectivity index (χ3v) is 10.3. The maximum absolute atomic E-state index is 13.9. The van der Waals surface area contributed by atoms with Gasteiger partial charge in [-0.25, -0.2) is 4.79 Å². The van der Waals surface area contributed by atoms with Gasteiger partial charge >= 0.3 is 5.97 Å². The van der Waals surface area contributed by atoms with E-state index in [1.807, 2.05) is 6.07 Å². The largest absolute Gasteiger partial charge is 0.459 e. The quantitative estimate of drug-likeness (QED) is 0.0729. The van der Waals surface area contributed by atoms with Gasteiger partial charge in [0, 0.05) is 35.2 Å². The predicted molar refractivity (Wildman–Crippen MR) is 162 cm³/mol. The van der Waals surface area contributed by atoms with Gasteiger partial charge in [0.1, 0.15) is 24.6 Å². The number of amides is 1. The van der Waals surface area contributed by atoms with Crippen LogP contribution < -0.4 is 0 Å². The summed E-state index contributed by atoms with van der Waals surface area (Å²) in [7, 11) is -4.50. The Morgan fingerprint density at radius 3 is 2.13 bits per heavy atom. The molecule has 0 saturated carbocycles. The predicted octanol–water partition coefficient (Wildman–Crippen LogP) is 3.87. The van der Waals surface area contributed by atoms with Crippen LogP contribution in [0.2, 0.25) is 0 Å². The number of ether oxygens (including phenoxy) is 1. The number of thioether (sulfide) groups is 1. The van der Waals surface area contributed by atoms with E-state index in [0.29, 0.717) is 5.56 Å². The number of hydrogen-bond acceptors (Lipinski definition) is 12. The number of fused-ring (bicyclic) bond motifs is 1. The Bertz CT molecular complexity index is 1780. The molecule has 3 atom stereocenters. The van der Waals surface area contributed by atoms with Crippen LogP contribution in [0.1, 0.15) is 25.0 Å². The summed E-state index contributed by atoms with van der Waals surface area (Å²) >= 11 is 1.23. The fourth-order valence-corrected chi connectivity index (χ4v) is 7.64. The van der Waals surface area contributed by atoms with Gasteiger partial charge in [-0.05, 0) is 49.2 Å². The molecule has 2 heterocycles. The minimum atomic E-state index is -4.50. The maximum atomic E-state index is 13.9. The van der Waals surface area contributed by atoms with E-state index in [4.69, 9.17) is 8.92 Å². The van der Waals surface area contributed by atoms with Gasteiger partial charge in [0.25, 0.3) is 27.4 Å². The first-order chi connectivity index (χ1) is 21.2. The first-order valence-corrected chi connectivity index (χ1v) is 15.7. The molecule has 5 rings (SSSR count). The van der Waals surface area contributed by atoms with Crippen LogP contribution in [-0.2, 0) is 35.2 Å². The second kappa shape index (κ2) is 12.0. The SMILES string of the molecule is CC1(C)S[C@H]2N(C(=O)[C@@]2(COS(=O)(=O)c2ccc([N+](=O)[O-])cc2)/N=C/c2ccc([N+](=O)[O-])cc2)[C@H]1C(=O)OCc1ccccc1. The lowest BCUT2D eigenvalue weighted by Crippen LogP contribution is -2.74. The molecule has 2 fully saturated rings. The molecule has 0 spiro atoms. The summed E-state index contributed by atoms with van der Waals surface area (Å²) in [5, 5.41) is 21.2. The molecule has 0 N–H and O–H groups in total. The van der Waals surface area contributed by atoms with Gasteiger partial charge in [0.15, 0.2) is 5.54 Å². The Balaban J connectivity index is 1.43. The van der Waals surface area contributed by atoms with Gasteiger partial charge < -0.3 is 9.64 Å². The summed E-state index contributed by atoms with van der Waals surface area (Å²) in [5.74, 6) is -1.32. The lowest BCUT2D eigenvalue weighted by atomic mass is 9.85. The zero-order valence-corrected chi connectivity index (χ0v) is 25.5. The van der Waals surface area contributed by atoms with Crippen LogP contribution in [0, 0.1) is 20.2 Å². The van der Waals surface area contributed by atoms with E-state index in [1.165, 1.54) is 47.1 Å². The topological polar surface area (TPSA) is 189 Å². The van der Waals surface area contributed by atoms with E-state index in [1.54, 1.807) is 38.1 Å². The molecule has 0 radical (unpaired) electrons. The van der Waals surface area contributed by atoms with Crippen LogP contribution in [0.4, 0.5) is 11.4 Å². The van der Waals surface area contributed by atoms with Gasteiger partial charge in [-0.15, -0.1) is 11.8 Å². The molecule has 3 aromatic rings. The monoisotopic (exact) mass is 654 g/mol. The van der Waals surface area contributed by atoms with Crippen molar-refractivity contribution >= 4 is 51.3 Å². The Morgan fingerprint density at radius 1 is 0.978 bits per heavy atom. The normalized spacial score (nSPS) is 22.1. The van der Waals surface area contributed by atoms with E-state index in [-0.39, 0.29) is 22.9 Å². The smallest absolute Gasteiger partial charge is 0.330 e. The molecule has 0 aliphatic carbocycles. The van der Waals surface area contributed by atoms with E-state index in [2.05, 4.69) is 4.99 Å². The second-order valence-corrected chi connectivity index (χ2v) is 14.1. The standard InChI is InChI=1S/C29H26N4O10S2/c1-28(2)24(25(34)42-17-20-6-4-3-5-7-20)31-26(35)29(27(31)44-28,30-16-19-8-10-21(11-9-19)32(36)37)18-43-45(40,41)23-14-12-22(13-15-23)33(38)39/h3-16,24,27H,17-18H2,1-2H3/b30-16+/t24-,27+,29+/m0/s1. The molecule has 16 heteroatoms. The van der Waals surface area contributed by atoms with Crippen molar-refractivity contribution in [2.75, 3.05) is 6.61 Å². The molecule has 2 aliphatic heterocycles. The van der Waals surface area contributed by atoms with Gasteiger partial charge in [-0.2, -0.15) is 8.42 Å². The Kier molecular flexibility index (Phi) is 8.48. The number of hydrogen-bond donors (Lipinski definition) is 0. The molecule has 0 unspecified atom stereocenters. The minimum Gasteiger partial charge on any atom is -0.459 e. The summed E-state index contributed by atoms with van der Waals surface area (Å²) in [6.07, 6.45) is 1.29. The number of aliphatic imine (C=N–C) groups is 1. The number of nitro groups is 2. The van der Waals surface area contributed by atoms with Crippen LogP contribution in [-0.4, -0.2) is 69.6 Å². The third-order valence-electron chi connectivity index (χ3n) is 7.38. The Labute approximate surface area is 261 Å². The van der Waals surface area contributed by atoms with Gasteiger partial charge in [-0.3, -0.25) is 34.2 Å². The number of carbonyl (C=O) groups is 2. The zero-order chi connectivity index (χ0) is 32.6. The number of β-lactam (4-membered cyclic amide) rings is 1. The molecule has 2 aliphatic rings. The van der Waals surface area contributed by atoms with Gasteiger partial charge in [0.2, 0.25) is 0 Å². The van der Waals surface area contributed by atoms with Crippen LogP contribution in [0.5, 0.6) is 0 Å². The maximum Gasteiger partial charge on any atom is 0.330 e. The van der Waals surface area contributed by atoms with E-state index < -0.39 is 60.1 Å². The molecule has 0 bridgehead atoms. The van der Waals surface area contributed by atoms with E-state index >= 15 is 0 Å². The second-order valence-electron chi connectivity index (χ2n) is 10.8. The van der Waals surface area contributed by atoms with Crippen molar-refractivity contribution in [3.8, 4) is 0 Å². The van der Waals surface area contributed by atoms with Crippen molar-refractivity contribution in [1.29, 1.82) is 0 Å². The summed E-state index contributed by atoms with van der Waals surface area (Å²) in [6, 6.07) is 17.4. The van der Waals surface area contributed by atoms with Crippen molar-refractivity contribution in [3.05, 3.63) is 110 Å². The summed E-state index contributed by atoms with van der Waals surface area (Å²) in [5.41, 5.74) is -1.13. The van der Waals surface area contributed by atoms with Crippen LogP contribution in [0.25, 0.3) is 0 Å². The number of nitrogens with zero attached hydrogens (tertiary/aromatic N) is 4. The summed E-state index contributed by atoms with van der Waals surface area (Å²) in [4.78, 5) is 53.5. The van der Waals surface area contributed by atoms with Gasteiger partial charge in [0.05, 0.1) is 14.7 Å². The van der Waals surface area contributed by atoms with Gasteiger partial charge in [-0.1, -0.05) is 30.3 Å². The molecule has 1 amide bonds. The molecule has 234 valence electrons. The average molecular weight is 655 g/mol. The van der Waals surface area contributed by atoms with Crippen LogP contribution >= 0.6 is 11.8 Å². The third kappa shape index (κ3) is 6.16. The Hall–Kier alpha value is -4.67. The minimum absolute atomic E-state index is 0.0103. The summed E-state index contributed by atoms with van der Waals surface area (Å²) < 4.78 is 36.2. The summed E-state index contributed by atoms with van der Waals surface area (Å²) in [6.45, 7) is 2.77. The fraction of sp³-hybridized carbons (Fsp3) is 0.276. The molecule has 45 heavy (non-hydrogen) atoms. The molecule has 14 nitrogen and oxygen atoms in total. The molecular weight excluding hydrogens is 628 g/mol. The number of benzene rings is 3. The van der Waals surface area contributed by atoms with Crippen molar-refractivity contribution in [1.82, 2.24) is 4.90 Å². The van der Waals surface area contributed by atoms with Crippen molar-refractivity contribution in [2.45, 2.75) is 47.1 Å². The highest BCUT2D eigenvalue weighted by atomic mass is 32.2. The van der Waals surface area contributed by atoms with Crippen LogP contribution in [0.3, 0.4) is 0 Å². The molecule has 3 aromatic carbocycles. The number of carbonyl (C=O) groups excluding carboxylic acids is 2.